The second-order valence-corrected chi connectivity index (χ2v) is 5.15. The molecule has 1 aromatic rings. The molecular weight excluding hydrogens is 256 g/mol. The van der Waals surface area contributed by atoms with Crippen LogP contribution in [0.3, 0.4) is 0 Å². The minimum absolute atomic E-state index is 0.0134. The first-order valence-electron chi connectivity index (χ1n) is 7.17. The molecule has 0 atom stereocenters. The minimum Gasteiger partial charge on any atom is -0.507 e. The summed E-state index contributed by atoms with van der Waals surface area (Å²) in [7, 11) is 0. The summed E-state index contributed by atoms with van der Waals surface area (Å²) in [6, 6.07) is 4.55. The smallest absolute Gasteiger partial charge is 0.261 e. The van der Waals surface area contributed by atoms with Gasteiger partial charge in [-0.05, 0) is 44.5 Å². The van der Waals surface area contributed by atoms with Crippen molar-refractivity contribution in [2.45, 2.75) is 32.2 Å². The van der Waals surface area contributed by atoms with Crippen molar-refractivity contribution in [2.24, 2.45) is 0 Å². The Bertz CT molecular complexity index is 450. The van der Waals surface area contributed by atoms with E-state index < -0.39 is 0 Å². The molecule has 1 aliphatic heterocycles. The molecule has 5 heteroatoms. The van der Waals surface area contributed by atoms with E-state index in [-0.39, 0.29) is 29.0 Å². The number of benzene rings is 1. The Labute approximate surface area is 119 Å². The van der Waals surface area contributed by atoms with Crippen LogP contribution in [0.2, 0.25) is 0 Å². The van der Waals surface area contributed by atoms with Crippen LogP contribution in [-0.2, 0) is 0 Å². The lowest BCUT2D eigenvalue weighted by molar-refractivity contribution is 0.0636. The van der Waals surface area contributed by atoms with E-state index in [4.69, 9.17) is 0 Å². The quantitative estimate of drug-likeness (QED) is 0.784. The SMILES string of the molecule is CCCN(C(=O)c1c(O)cccc1O)C1CCNCC1. The summed E-state index contributed by atoms with van der Waals surface area (Å²) in [5, 5.41) is 23.0. The van der Waals surface area contributed by atoms with E-state index in [1.54, 1.807) is 4.90 Å². The monoisotopic (exact) mass is 278 g/mol. The average molecular weight is 278 g/mol. The van der Waals surface area contributed by atoms with Crippen molar-refractivity contribution in [1.29, 1.82) is 0 Å². The van der Waals surface area contributed by atoms with E-state index in [1.807, 2.05) is 6.92 Å². The summed E-state index contributed by atoms with van der Waals surface area (Å²) in [4.78, 5) is 14.4. The molecule has 0 radical (unpaired) electrons. The van der Waals surface area contributed by atoms with Crippen LogP contribution >= 0.6 is 0 Å². The lowest BCUT2D eigenvalue weighted by Crippen LogP contribution is -2.46. The first-order valence-corrected chi connectivity index (χ1v) is 7.17. The van der Waals surface area contributed by atoms with Gasteiger partial charge in [0.25, 0.3) is 5.91 Å². The van der Waals surface area contributed by atoms with Crippen LogP contribution in [0, 0.1) is 0 Å². The zero-order valence-electron chi connectivity index (χ0n) is 11.8. The molecule has 1 aliphatic rings. The van der Waals surface area contributed by atoms with Gasteiger partial charge in [-0.15, -0.1) is 0 Å². The molecule has 0 aromatic heterocycles. The molecule has 3 N–H and O–H groups in total. The second kappa shape index (κ2) is 6.61. The number of phenols is 2. The van der Waals surface area contributed by atoms with E-state index in [0.29, 0.717) is 6.54 Å². The number of phenolic OH excluding ortho intramolecular Hbond substituents is 2. The Balaban J connectivity index is 2.26. The van der Waals surface area contributed by atoms with Crippen molar-refractivity contribution < 1.29 is 15.0 Å². The van der Waals surface area contributed by atoms with Crippen LogP contribution in [-0.4, -0.2) is 46.7 Å². The normalized spacial score (nSPS) is 16.1. The zero-order valence-corrected chi connectivity index (χ0v) is 11.8. The topological polar surface area (TPSA) is 72.8 Å². The molecule has 0 spiro atoms. The highest BCUT2D eigenvalue weighted by Crippen LogP contribution is 2.29. The number of carbonyl (C=O) groups is 1. The number of aromatic hydroxyl groups is 2. The number of nitrogens with zero attached hydrogens (tertiary/aromatic N) is 1. The van der Waals surface area contributed by atoms with E-state index in [9.17, 15) is 15.0 Å². The molecule has 5 nitrogen and oxygen atoms in total. The Morgan fingerprint density at radius 1 is 1.30 bits per heavy atom. The van der Waals surface area contributed by atoms with Crippen molar-refractivity contribution in [3.63, 3.8) is 0 Å². The molecule has 1 heterocycles. The van der Waals surface area contributed by atoms with Crippen molar-refractivity contribution in [3.8, 4) is 11.5 Å². The van der Waals surface area contributed by atoms with Crippen molar-refractivity contribution >= 4 is 5.91 Å². The van der Waals surface area contributed by atoms with Crippen LogP contribution < -0.4 is 5.32 Å². The molecule has 0 saturated carbocycles. The minimum atomic E-state index is -0.283. The Hall–Kier alpha value is -1.75. The molecular formula is C15H22N2O3. The average Bonchev–Trinajstić information content (AvgIpc) is 2.45. The maximum absolute atomic E-state index is 12.7. The predicted octanol–water partition coefficient (Wildman–Crippen LogP) is 1.70. The van der Waals surface area contributed by atoms with Gasteiger partial charge in [-0.25, -0.2) is 0 Å². The number of carbonyl (C=O) groups excluding carboxylic acids is 1. The molecule has 1 amide bonds. The van der Waals surface area contributed by atoms with Gasteiger partial charge in [-0.3, -0.25) is 4.79 Å². The largest absolute Gasteiger partial charge is 0.507 e. The highest BCUT2D eigenvalue weighted by atomic mass is 16.3. The maximum Gasteiger partial charge on any atom is 0.261 e. The number of amides is 1. The second-order valence-electron chi connectivity index (χ2n) is 5.15. The first-order chi connectivity index (χ1) is 9.65. The summed E-state index contributed by atoms with van der Waals surface area (Å²) in [5.74, 6) is -0.607. The molecule has 2 rings (SSSR count). The molecule has 1 aromatic carbocycles. The van der Waals surface area contributed by atoms with Crippen LogP contribution in [0.25, 0.3) is 0 Å². The first kappa shape index (κ1) is 14.7. The standard InChI is InChI=1S/C15H22N2O3/c1-2-10-17(11-6-8-16-9-7-11)15(20)14-12(18)4-3-5-13(14)19/h3-5,11,16,18-19H,2,6-10H2,1H3. The summed E-state index contributed by atoms with van der Waals surface area (Å²) in [6.07, 6.45) is 2.66. The van der Waals surface area contributed by atoms with Gasteiger partial charge in [0.15, 0.2) is 0 Å². The summed E-state index contributed by atoms with van der Waals surface area (Å²) in [6.45, 7) is 4.44. The number of nitrogens with one attached hydrogen (secondary N) is 1. The Morgan fingerprint density at radius 3 is 2.45 bits per heavy atom. The van der Waals surface area contributed by atoms with Crippen molar-refractivity contribution in [2.75, 3.05) is 19.6 Å². The summed E-state index contributed by atoms with van der Waals surface area (Å²) in [5.41, 5.74) is 0.0134. The van der Waals surface area contributed by atoms with Crippen LogP contribution in [0.15, 0.2) is 18.2 Å². The molecule has 1 saturated heterocycles. The molecule has 1 fully saturated rings. The van der Waals surface area contributed by atoms with E-state index in [0.717, 1.165) is 32.4 Å². The third-order valence-corrected chi connectivity index (χ3v) is 3.71. The fraction of sp³-hybridized carbons (Fsp3) is 0.533. The van der Waals surface area contributed by atoms with E-state index >= 15 is 0 Å². The van der Waals surface area contributed by atoms with Crippen LogP contribution in [0.4, 0.5) is 0 Å². The number of hydrogen-bond donors (Lipinski definition) is 3. The molecule has 20 heavy (non-hydrogen) atoms. The van der Waals surface area contributed by atoms with E-state index in [1.165, 1.54) is 18.2 Å². The molecule has 0 bridgehead atoms. The van der Waals surface area contributed by atoms with Crippen LogP contribution in [0.5, 0.6) is 11.5 Å². The predicted molar refractivity (Wildman–Crippen MR) is 77.0 cm³/mol. The molecule has 0 aliphatic carbocycles. The van der Waals surface area contributed by atoms with Crippen molar-refractivity contribution in [1.82, 2.24) is 10.2 Å². The highest BCUT2D eigenvalue weighted by Gasteiger charge is 2.28. The summed E-state index contributed by atoms with van der Waals surface area (Å²) >= 11 is 0. The number of rotatable bonds is 4. The molecule has 0 unspecified atom stereocenters. The van der Waals surface area contributed by atoms with Gasteiger partial charge < -0.3 is 20.4 Å². The van der Waals surface area contributed by atoms with Gasteiger partial charge in [0.2, 0.25) is 0 Å². The lowest BCUT2D eigenvalue weighted by Gasteiger charge is -2.34. The van der Waals surface area contributed by atoms with Gasteiger partial charge in [0, 0.05) is 12.6 Å². The number of piperidine rings is 1. The molecule has 110 valence electrons. The third kappa shape index (κ3) is 3.04. The van der Waals surface area contributed by atoms with Gasteiger partial charge in [0.05, 0.1) is 0 Å². The third-order valence-electron chi connectivity index (χ3n) is 3.71. The van der Waals surface area contributed by atoms with Gasteiger partial charge in [-0.1, -0.05) is 13.0 Å². The van der Waals surface area contributed by atoms with Gasteiger partial charge in [-0.2, -0.15) is 0 Å². The summed E-state index contributed by atoms with van der Waals surface area (Å²) < 4.78 is 0. The van der Waals surface area contributed by atoms with Crippen molar-refractivity contribution in [3.05, 3.63) is 23.8 Å². The number of hydrogen-bond acceptors (Lipinski definition) is 4. The van der Waals surface area contributed by atoms with Gasteiger partial charge in [0.1, 0.15) is 17.1 Å². The maximum atomic E-state index is 12.7. The zero-order chi connectivity index (χ0) is 14.5. The van der Waals surface area contributed by atoms with E-state index in [2.05, 4.69) is 5.32 Å². The Kier molecular flexibility index (Phi) is 4.84. The highest BCUT2D eigenvalue weighted by molar-refractivity contribution is 5.99. The fourth-order valence-corrected chi connectivity index (χ4v) is 2.70. The van der Waals surface area contributed by atoms with Crippen LogP contribution in [0.1, 0.15) is 36.5 Å². The lowest BCUT2D eigenvalue weighted by atomic mass is 10.0. The fourth-order valence-electron chi connectivity index (χ4n) is 2.70. The Morgan fingerprint density at radius 2 is 1.90 bits per heavy atom. The van der Waals surface area contributed by atoms with Gasteiger partial charge >= 0.3 is 0 Å².